The molecule has 0 unspecified atom stereocenters. The Morgan fingerprint density at radius 3 is 2.80 bits per heavy atom. The van der Waals surface area contributed by atoms with Gasteiger partial charge in [0.25, 0.3) is 5.56 Å². The van der Waals surface area contributed by atoms with Crippen LogP contribution < -0.4 is 5.56 Å². The average Bonchev–Trinajstić information content (AvgIpc) is 2.75. The van der Waals surface area contributed by atoms with Crippen molar-refractivity contribution in [2.75, 3.05) is 13.2 Å². The summed E-state index contributed by atoms with van der Waals surface area (Å²) in [7, 11) is 0. The number of aromatic hydroxyl groups is 1. The lowest BCUT2D eigenvalue weighted by Gasteiger charge is -2.23. The van der Waals surface area contributed by atoms with E-state index < -0.39 is 23.7 Å². The minimum Gasteiger partial charge on any atom is -0.508 e. The minimum atomic E-state index is -1.14. The molecule has 7 heteroatoms. The van der Waals surface area contributed by atoms with Crippen LogP contribution >= 0.6 is 0 Å². The molecule has 1 aromatic rings. The lowest BCUT2D eigenvalue weighted by molar-refractivity contribution is -0.133. The van der Waals surface area contributed by atoms with Crippen molar-refractivity contribution in [2.24, 2.45) is 0 Å². The molecule has 2 rings (SSSR count). The van der Waals surface area contributed by atoms with Crippen LogP contribution in [0.2, 0.25) is 0 Å². The molecular formula is C13H17FN2O4. The molecule has 0 aliphatic carbocycles. The normalized spacial score (nSPS) is 22.2. The first kappa shape index (κ1) is 14.5. The van der Waals surface area contributed by atoms with E-state index in [2.05, 4.69) is 0 Å². The van der Waals surface area contributed by atoms with Gasteiger partial charge < -0.3 is 19.7 Å². The molecule has 1 aromatic heterocycles. The number of hydrogen-bond acceptors (Lipinski definition) is 4. The van der Waals surface area contributed by atoms with Gasteiger partial charge in [0.2, 0.25) is 5.91 Å². The van der Waals surface area contributed by atoms with E-state index in [9.17, 15) is 19.1 Å². The number of hydrogen-bond donors (Lipinski definition) is 2. The van der Waals surface area contributed by atoms with E-state index in [4.69, 9.17) is 5.11 Å². The maximum atomic E-state index is 13.3. The predicted molar refractivity (Wildman–Crippen MR) is 69.2 cm³/mol. The van der Waals surface area contributed by atoms with E-state index in [1.807, 2.05) is 0 Å². The highest BCUT2D eigenvalue weighted by atomic mass is 19.1. The number of aryl methyl sites for hydroxylation is 1. The molecule has 2 N–H and O–H groups in total. The molecule has 1 fully saturated rings. The van der Waals surface area contributed by atoms with Crippen LogP contribution in [-0.4, -0.2) is 51.0 Å². The molecule has 1 saturated heterocycles. The summed E-state index contributed by atoms with van der Waals surface area (Å²) in [5.41, 5.74) is -0.0488. The highest BCUT2D eigenvalue weighted by Gasteiger charge is 2.34. The number of aromatic nitrogens is 1. The zero-order chi connectivity index (χ0) is 14.9. The van der Waals surface area contributed by atoms with Crippen molar-refractivity contribution in [1.82, 2.24) is 9.47 Å². The number of likely N-dealkylation sites (tertiary alicyclic amines) is 1. The Hall–Kier alpha value is -1.89. The molecule has 1 amide bonds. The number of carbonyl (C=O) groups is 1. The maximum absolute atomic E-state index is 13.3. The zero-order valence-corrected chi connectivity index (χ0v) is 11.1. The SMILES string of the molecule is Cc1cc(O)cc(=O)n1CC(=O)N1C[C@@H](F)C[C@H]1CO. The zero-order valence-electron chi connectivity index (χ0n) is 11.1. The number of rotatable bonds is 3. The molecule has 110 valence electrons. The van der Waals surface area contributed by atoms with Gasteiger partial charge in [-0.25, -0.2) is 4.39 Å². The van der Waals surface area contributed by atoms with E-state index >= 15 is 0 Å². The molecular weight excluding hydrogens is 267 g/mol. The first-order valence-corrected chi connectivity index (χ1v) is 6.37. The number of nitrogens with zero attached hydrogens (tertiary/aromatic N) is 2. The van der Waals surface area contributed by atoms with Crippen LogP contribution in [0.3, 0.4) is 0 Å². The monoisotopic (exact) mass is 284 g/mol. The lowest BCUT2D eigenvalue weighted by atomic mass is 10.2. The molecule has 0 bridgehead atoms. The number of halogens is 1. The molecule has 0 saturated carbocycles. The smallest absolute Gasteiger partial charge is 0.254 e. The Labute approximate surface area is 115 Å². The number of carbonyl (C=O) groups excluding carboxylic acids is 1. The van der Waals surface area contributed by atoms with Gasteiger partial charge in [0.1, 0.15) is 18.5 Å². The number of aliphatic hydroxyl groups is 1. The van der Waals surface area contributed by atoms with Gasteiger partial charge in [-0.1, -0.05) is 0 Å². The van der Waals surface area contributed by atoms with Crippen molar-refractivity contribution >= 4 is 5.91 Å². The molecule has 0 radical (unpaired) electrons. The molecule has 6 nitrogen and oxygen atoms in total. The van der Waals surface area contributed by atoms with Crippen molar-refractivity contribution in [3.8, 4) is 5.75 Å². The fourth-order valence-corrected chi connectivity index (χ4v) is 2.48. The Morgan fingerprint density at radius 1 is 1.50 bits per heavy atom. The number of aliphatic hydroxyl groups excluding tert-OH is 1. The Bertz CT molecular complexity index is 572. The molecule has 0 aromatic carbocycles. The Balaban J connectivity index is 2.18. The highest BCUT2D eigenvalue weighted by Crippen LogP contribution is 2.20. The summed E-state index contributed by atoms with van der Waals surface area (Å²) < 4.78 is 14.5. The first-order chi connectivity index (χ1) is 9.42. The van der Waals surface area contributed by atoms with Crippen LogP contribution in [0.5, 0.6) is 5.75 Å². The second kappa shape index (κ2) is 5.62. The van der Waals surface area contributed by atoms with Crippen LogP contribution in [-0.2, 0) is 11.3 Å². The van der Waals surface area contributed by atoms with Crippen LogP contribution in [0.15, 0.2) is 16.9 Å². The number of alkyl halides is 1. The second-order valence-corrected chi connectivity index (χ2v) is 4.99. The van der Waals surface area contributed by atoms with Crippen LogP contribution in [0.4, 0.5) is 4.39 Å². The fraction of sp³-hybridized carbons (Fsp3) is 0.538. The summed E-state index contributed by atoms with van der Waals surface area (Å²) in [4.78, 5) is 25.1. The van der Waals surface area contributed by atoms with Crippen molar-refractivity contribution in [2.45, 2.75) is 32.1 Å². The predicted octanol–water partition coefficient (Wildman–Crippen LogP) is -0.206. The maximum Gasteiger partial charge on any atom is 0.254 e. The van der Waals surface area contributed by atoms with Gasteiger partial charge in [-0.15, -0.1) is 0 Å². The summed E-state index contributed by atoms with van der Waals surface area (Å²) in [6.45, 7) is 1.01. The number of amides is 1. The second-order valence-electron chi connectivity index (χ2n) is 4.99. The van der Waals surface area contributed by atoms with Crippen molar-refractivity contribution in [3.63, 3.8) is 0 Å². The van der Waals surface area contributed by atoms with Gasteiger partial charge in [-0.3, -0.25) is 9.59 Å². The van der Waals surface area contributed by atoms with E-state index in [0.717, 1.165) is 6.07 Å². The molecule has 1 aliphatic rings. The largest absolute Gasteiger partial charge is 0.508 e. The summed E-state index contributed by atoms with van der Waals surface area (Å²) in [5, 5.41) is 18.4. The fourth-order valence-electron chi connectivity index (χ4n) is 2.48. The third kappa shape index (κ3) is 2.82. The van der Waals surface area contributed by atoms with Crippen LogP contribution in [0, 0.1) is 6.92 Å². The molecule has 2 heterocycles. The summed E-state index contributed by atoms with van der Waals surface area (Å²) >= 11 is 0. The summed E-state index contributed by atoms with van der Waals surface area (Å²) in [6.07, 6.45) is -1.03. The summed E-state index contributed by atoms with van der Waals surface area (Å²) in [5.74, 6) is -0.575. The van der Waals surface area contributed by atoms with Gasteiger partial charge in [-0.2, -0.15) is 0 Å². The highest BCUT2D eigenvalue weighted by molar-refractivity contribution is 5.77. The number of pyridine rings is 1. The Kier molecular flexibility index (Phi) is 4.08. The van der Waals surface area contributed by atoms with Crippen molar-refractivity contribution < 1.29 is 19.4 Å². The van der Waals surface area contributed by atoms with Gasteiger partial charge in [0.15, 0.2) is 0 Å². The Morgan fingerprint density at radius 2 is 2.20 bits per heavy atom. The third-order valence-corrected chi connectivity index (χ3v) is 3.51. The van der Waals surface area contributed by atoms with Gasteiger partial charge in [-0.05, 0) is 13.0 Å². The first-order valence-electron chi connectivity index (χ1n) is 6.37. The van der Waals surface area contributed by atoms with Crippen LogP contribution in [0.25, 0.3) is 0 Å². The van der Waals surface area contributed by atoms with Gasteiger partial charge in [0.05, 0.1) is 19.2 Å². The van der Waals surface area contributed by atoms with E-state index in [1.165, 1.54) is 15.5 Å². The van der Waals surface area contributed by atoms with E-state index in [1.54, 1.807) is 6.92 Å². The van der Waals surface area contributed by atoms with E-state index in [-0.39, 0.29) is 31.9 Å². The standard InChI is InChI=1S/C13H17FN2O4/c1-8-2-11(18)4-12(19)15(8)6-13(20)16-5-9(14)3-10(16)7-17/h2,4,9-10,17-18H,3,5-7H2,1H3/t9-,10-/m0/s1. The molecule has 1 aliphatic heterocycles. The quantitative estimate of drug-likeness (QED) is 0.805. The molecule has 2 atom stereocenters. The molecule has 20 heavy (non-hydrogen) atoms. The topological polar surface area (TPSA) is 82.8 Å². The van der Waals surface area contributed by atoms with Gasteiger partial charge in [0, 0.05) is 18.2 Å². The van der Waals surface area contributed by atoms with Gasteiger partial charge >= 0.3 is 0 Å². The van der Waals surface area contributed by atoms with Crippen molar-refractivity contribution in [1.29, 1.82) is 0 Å². The third-order valence-electron chi connectivity index (χ3n) is 3.51. The van der Waals surface area contributed by atoms with Crippen molar-refractivity contribution in [3.05, 3.63) is 28.2 Å². The summed E-state index contributed by atoms with van der Waals surface area (Å²) in [6, 6.07) is 1.86. The lowest BCUT2D eigenvalue weighted by Crippen LogP contribution is -2.41. The minimum absolute atomic E-state index is 0.0596. The molecule has 0 spiro atoms. The van der Waals surface area contributed by atoms with E-state index in [0.29, 0.717) is 5.69 Å². The average molecular weight is 284 g/mol. The van der Waals surface area contributed by atoms with Crippen LogP contribution in [0.1, 0.15) is 12.1 Å².